The molecule has 4 rings (SSSR count). The number of carbonyl (C=O) groups is 1. The topological polar surface area (TPSA) is 73.1 Å². The van der Waals surface area contributed by atoms with Gasteiger partial charge in [0.15, 0.2) is 5.82 Å². The Bertz CT molecular complexity index is 873. The largest absolute Gasteiger partial charge is 0.473 e. The lowest BCUT2D eigenvalue weighted by molar-refractivity contribution is 0.0590. The van der Waals surface area contributed by atoms with E-state index in [1.807, 2.05) is 17.0 Å². The molecule has 134 valence electrons. The van der Waals surface area contributed by atoms with Crippen LogP contribution in [0.3, 0.4) is 0 Å². The van der Waals surface area contributed by atoms with E-state index in [1.165, 1.54) is 11.3 Å². The van der Waals surface area contributed by atoms with Gasteiger partial charge in [-0.2, -0.15) is 5.10 Å². The summed E-state index contributed by atoms with van der Waals surface area (Å²) in [5.74, 6) is 1.15. The average molecular weight is 390 g/mol. The zero-order valence-electron chi connectivity index (χ0n) is 13.8. The highest BCUT2D eigenvalue weighted by molar-refractivity contribution is 7.17. The summed E-state index contributed by atoms with van der Waals surface area (Å²) in [7, 11) is 0. The van der Waals surface area contributed by atoms with E-state index in [4.69, 9.17) is 16.3 Å². The molecule has 9 heteroatoms. The Kier molecular flexibility index (Phi) is 4.85. The molecule has 1 saturated heterocycles. The Balaban J connectivity index is 1.32. The number of aromatic nitrogens is 4. The normalized spacial score (nSPS) is 15.2. The fraction of sp³-hybridized carbons (Fsp3) is 0.294. The summed E-state index contributed by atoms with van der Waals surface area (Å²) in [5, 5.41) is 12.3. The minimum Gasteiger partial charge on any atom is -0.473 e. The van der Waals surface area contributed by atoms with Crippen LogP contribution in [0.2, 0.25) is 4.34 Å². The highest BCUT2D eigenvalue weighted by Gasteiger charge is 2.25. The third kappa shape index (κ3) is 3.71. The Morgan fingerprint density at radius 3 is 2.65 bits per heavy atom. The highest BCUT2D eigenvalue weighted by Crippen LogP contribution is 2.25. The van der Waals surface area contributed by atoms with E-state index >= 15 is 0 Å². The lowest BCUT2D eigenvalue weighted by Gasteiger charge is -2.31. The van der Waals surface area contributed by atoms with Crippen molar-refractivity contribution in [3.05, 3.63) is 51.9 Å². The molecule has 0 N–H and O–H groups in total. The second-order valence-corrected chi connectivity index (χ2v) is 7.61. The van der Waals surface area contributed by atoms with E-state index in [0.29, 0.717) is 34.0 Å². The fourth-order valence-electron chi connectivity index (χ4n) is 2.83. The van der Waals surface area contributed by atoms with Crippen molar-refractivity contribution in [1.82, 2.24) is 24.9 Å². The molecule has 0 unspecified atom stereocenters. The number of rotatable bonds is 4. The second kappa shape index (κ2) is 7.43. The van der Waals surface area contributed by atoms with Crippen molar-refractivity contribution < 1.29 is 9.53 Å². The molecule has 0 radical (unpaired) electrons. The molecule has 0 bridgehead atoms. The van der Waals surface area contributed by atoms with Crippen LogP contribution < -0.4 is 4.74 Å². The van der Waals surface area contributed by atoms with Crippen LogP contribution in [0.25, 0.3) is 5.82 Å². The summed E-state index contributed by atoms with van der Waals surface area (Å²) in [6, 6.07) is 8.95. The first-order valence-electron chi connectivity index (χ1n) is 8.24. The number of hydrogen-bond acceptors (Lipinski definition) is 6. The predicted molar refractivity (Wildman–Crippen MR) is 98.0 cm³/mol. The molecule has 1 fully saturated rings. The number of likely N-dealkylation sites (tertiary alicyclic amines) is 1. The number of carbonyl (C=O) groups excluding carboxylic acids is 1. The lowest BCUT2D eigenvalue weighted by Crippen LogP contribution is -2.41. The molecule has 4 heterocycles. The van der Waals surface area contributed by atoms with Gasteiger partial charge in [-0.25, -0.2) is 4.68 Å². The van der Waals surface area contributed by atoms with Gasteiger partial charge in [0.1, 0.15) is 6.10 Å². The lowest BCUT2D eigenvalue weighted by atomic mass is 10.1. The maximum Gasteiger partial charge on any atom is 0.263 e. The molecular formula is C17H16ClN5O2S. The van der Waals surface area contributed by atoms with Crippen LogP contribution in [0.5, 0.6) is 5.88 Å². The van der Waals surface area contributed by atoms with E-state index in [1.54, 1.807) is 35.3 Å². The Labute approximate surface area is 159 Å². The van der Waals surface area contributed by atoms with E-state index in [2.05, 4.69) is 15.3 Å². The summed E-state index contributed by atoms with van der Waals surface area (Å²) in [6.45, 7) is 1.30. The van der Waals surface area contributed by atoms with E-state index < -0.39 is 0 Å². The number of nitrogens with zero attached hydrogens (tertiary/aromatic N) is 5. The van der Waals surface area contributed by atoms with Gasteiger partial charge in [-0.15, -0.1) is 21.5 Å². The third-order valence-electron chi connectivity index (χ3n) is 4.17. The third-order valence-corrected chi connectivity index (χ3v) is 5.38. The van der Waals surface area contributed by atoms with Gasteiger partial charge in [0, 0.05) is 44.4 Å². The SMILES string of the molecule is O=C(c1ccc(Cl)s1)N1CCC(Oc2ccc(-n3cccn3)nn2)CC1. The smallest absolute Gasteiger partial charge is 0.263 e. The van der Waals surface area contributed by atoms with Gasteiger partial charge in [0.25, 0.3) is 5.91 Å². The molecule has 3 aromatic rings. The van der Waals surface area contributed by atoms with Crippen molar-refractivity contribution in [3.63, 3.8) is 0 Å². The molecular weight excluding hydrogens is 374 g/mol. The van der Waals surface area contributed by atoms with Gasteiger partial charge in [-0.1, -0.05) is 11.6 Å². The van der Waals surface area contributed by atoms with Gasteiger partial charge in [-0.05, 0) is 24.3 Å². The van der Waals surface area contributed by atoms with Crippen LogP contribution >= 0.6 is 22.9 Å². The maximum absolute atomic E-state index is 12.4. The molecule has 26 heavy (non-hydrogen) atoms. The first-order valence-corrected chi connectivity index (χ1v) is 9.43. The number of halogens is 1. The van der Waals surface area contributed by atoms with E-state index in [-0.39, 0.29) is 12.0 Å². The quantitative estimate of drug-likeness (QED) is 0.685. The summed E-state index contributed by atoms with van der Waals surface area (Å²) >= 11 is 7.22. The molecule has 3 aromatic heterocycles. The van der Waals surface area contributed by atoms with E-state index in [9.17, 15) is 4.79 Å². The summed E-state index contributed by atoms with van der Waals surface area (Å²) in [5.41, 5.74) is 0. The van der Waals surface area contributed by atoms with Crippen molar-refractivity contribution in [1.29, 1.82) is 0 Å². The van der Waals surface area contributed by atoms with E-state index in [0.717, 1.165) is 12.8 Å². The molecule has 1 amide bonds. The van der Waals surface area contributed by atoms with Gasteiger partial charge in [0.05, 0.1) is 9.21 Å². The zero-order valence-corrected chi connectivity index (χ0v) is 15.4. The molecule has 7 nitrogen and oxygen atoms in total. The molecule has 0 aromatic carbocycles. The van der Waals surface area contributed by atoms with Crippen molar-refractivity contribution in [2.45, 2.75) is 18.9 Å². The van der Waals surface area contributed by atoms with Crippen LogP contribution in [0.4, 0.5) is 0 Å². The number of amides is 1. The minimum atomic E-state index is 0.0239. The van der Waals surface area contributed by atoms with Crippen LogP contribution in [0, 0.1) is 0 Å². The number of ether oxygens (including phenoxy) is 1. The van der Waals surface area contributed by atoms with Crippen molar-refractivity contribution in [2.24, 2.45) is 0 Å². The van der Waals surface area contributed by atoms with Crippen molar-refractivity contribution >= 4 is 28.8 Å². The molecule has 1 aliphatic rings. The predicted octanol–water partition coefficient (Wildman–Crippen LogP) is 3.06. The van der Waals surface area contributed by atoms with Crippen LogP contribution in [-0.4, -0.2) is 50.0 Å². The average Bonchev–Trinajstić information content (AvgIpc) is 3.34. The first kappa shape index (κ1) is 17.0. The summed E-state index contributed by atoms with van der Waals surface area (Å²) in [4.78, 5) is 15.0. The monoisotopic (exact) mass is 389 g/mol. The highest BCUT2D eigenvalue weighted by atomic mass is 35.5. The number of hydrogen-bond donors (Lipinski definition) is 0. The minimum absolute atomic E-state index is 0.0239. The number of thiophene rings is 1. The maximum atomic E-state index is 12.4. The summed E-state index contributed by atoms with van der Waals surface area (Å²) in [6.07, 6.45) is 5.03. The zero-order chi connectivity index (χ0) is 17.9. The Morgan fingerprint density at radius 1 is 1.19 bits per heavy atom. The van der Waals surface area contributed by atoms with Gasteiger partial charge in [-0.3, -0.25) is 4.79 Å². The van der Waals surface area contributed by atoms with Gasteiger partial charge in [0.2, 0.25) is 5.88 Å². The van der Waals surface area contributed by atoms with Gasteiger partial charge >= 0.3 is 0 Å². The number of piperidine rings is 1. The molecule has 1 aliphatic heterocycles. The van der Waals surface area contributed by atoms with Gasteiger partial charge < -0.3 is 9.64 Å². The molecule has 0 saturated carbocycles. The van der Waals surface area contributed by atoms with Crippen molar-refractivity contribution in [2.75, 3.05) is 13.1 Å². The van der Waals surface area contributed by atoms with Crippen LogP contribution in [0.1, 0.15) is 22.5 Å². The first-order chi connectivity index (χ1) is 12.7. The van der Waals surface area contributed by atoms with Crippen LogP contribution in [-0.2, 0) is 0 Å². The molecule has 0 aliphatic carbocycles. The molecule has 0 spiro atoms. The Morgan fingerprint density at radius 2 is 2.04 bits per heavy atom. The fourth-order valence-corrected chi connectivity index (χ4v) is 3.85. The Hall–Kier alpha value is -2.45. The van der Waals surface area contributed by atoms with Crippen LogP contribution in [0.15, 0.2) is 42.7 Å². The second-order valence-electron chi connectivity index (χ2n) is 5.89. The summed E-state index contributed by atoms with van der Waals surface area (Å²) < 4.78 is 8.17. The standard InChI is InChI=1S/C17H16ClN5O2S/c18-14-3-2-13(26-14)17(24)22-10-6-12(7-11-22)25-16-5-4-15(20-21-16)23-9-1-8-19-23/h1-5,8-9,12H,6-7,10-11H2. The van der Waals surface area contributed by atoms with Crippen molar-refractivity contribution in [3.8, 4) is 11.7 Å². The molecule has 0 atom stereocenters.